The number of anilines is 1. The fourth-order valence-corrected chi connectivity index (χ4v) is 3.54. The van der Waals surface area contributed by atoms with Crippen LogP contribution in [0.25, 0.3) is 0 Å². The molecule has 0 saturated heterocycles. The number of ether oxygens (including phenoxy) is 3. The van der Waals surface area contributed by atoms with E-state index < -0.39 is 34.2 Å². The summed E-state index contributed by atoms with van der Waals surface area (Å²) in [5.74, 6) is -2.73. The van der Waals surface area contributed by atoms with Gasteiger partial charge in [-0.1, -0.05) is 6.92 Å². The van der Waals surface area contributed by atoms with E-state index in [1.807, 2.05) is 6.92 Å². The number of hydrogen-bond acceptors (Lipinski definition) is 10. The van der Waals surface area contributed by atoms with Crippen LogP contribution in [0.2, 0.25) is 0 Å². The second-order valence-electron chi connectivity index (χ2n) is 5.78. The number of carbonyl (C=O) groups excluding carboxylic acids is 3. The Hall–Kier alpha value is -3.48. The summed E-state index contributed by atoms with van der Waals surface area (Å²) >= 11 is 0.803. The van der Waals surface area contributed by atoms with Crippen molar-refractivity contribution in [2.24, 2.45) is 0 Å². The first kappa shape index (κ1) is 22.8. The highest BCUT2D eigenvalue weighted by Crippen LogP contribution is 2.35. The van der Waals surface area contributed by atoms with Crippen molar-refractivity contribution in [3.8, 4) is 5.88 Å². The third-order valence-corrected chi connectivity index (χ3v) is 4.97. The number of aromatic nitrogens is 2. The molecule has 2 aromatic rings. The number of esters is 2. The molecule has 0 saturated carbocycles. The molecule has 1 amide bonds. The lowest BCUT2D eigenvalue weighted by molar-refractivity contribution is -0.386. The van der Waals surface area contributed by atoms with Crippen molar-refractivity contribution < 1.29 is 33.5 Å². The van der Waals surface area contributed by atoms with Gasteiger partial charge in [0.05, 0.1) is 30.8 Å². The van der Waals surface area contributed by atoms with Crippen LogP contribution in [-0.2, 0) is 9.47 Å². The number of rotatable bonds is 9. The minimum Gasteiger partial charge on any atom is -0.475 e. The predicted octanol–water partition coefficient (Wildman–Crippen LogP) is 2.69. The van der Waals surface area contributed by atoms with E-state index in [-0.39, 0.29) is 40.1 Å². The van der Waals surface area contributed by atoms with Crippen LogP contribution >= 0.6 is 11.3 Å². The largest absolute Gasteiger partial charge is 0.475 e. The normalized spacial score (nSPS) is 10.4. The summed E-state index contributed by atoms with van der Waals surface area (Å²) in [4.78, 5) is 48.0. The van der Waals surface area contributed by atoms with Gasteiger partial charge in [0.2, 0.25) is 5.69 Å². The van der Waals surface area contributed by atoms with Crippen LogP contribution in [0.1, 0.15) is 56.3 Å². The molecule has 0 aliphatic carbocycles. The highest BCUT2D eigenvalue weighted by atomic mass is 32.1. The van der Waals surface area contributed by atoms with Gasteiger partial charge in [-0.25, -0.2) is 9.59 Å². The molecule has 2 rings (SSSR count). The van der Waals surface area contributed by atoms with Crippen molar-refractivity contribution in [2.75, 3.05) is 25.6 Å². The summed E-state index contributed by atoms with van der Waals surface area (Å²) in [5.41, 5.74) is -0.900. The number of nitrogens with one attached hydrogen (secondary N) is 2. The maximum atomic E-state index is 12.7. The van der Waals surface area contributed by atoms with Gasteiger partial charge in [0.15, 0.2) is 0 Å². The van der Waals surface area contributed by atoms with Crippen molar-refractivity contribution in [3.05, 3.63) is 31.8 Å². The Balaban J connectivity index is 2.47. The Morgan fingerprint density at radius 2 is 1.93 bits per heavy atom. The summed E-state index contributed by atoms with van der Waals surface area (Å²) in [7, 11) is 1.17. The standard InChI is InChI=1S/C17H20N4O8S/c1-5-7-29-16(23)9-8(3)12(17(24)28-6-2)30-15(9)18-13(22)10-11(21(25)26)14(27-4)20-19-10/h5-7H2,1-4H3,(H,18,22)(H,19,20). The zero-order chi connectivity index (χ0) is 22.4. The Bertz CT molecular complexity index is 981. The smallest absolute Gasteiger partial charge is 0.362 e. The second kappa shape index (κ2) is 9.82. The SMILES string of the molecule is CCCOC(=O)c1c(NC(=O)c2[nH]nc(OC)c2[N+](=O)[O-])sc(C(=O)OCC)c1C. The summed E-state index contributed by atoms with van der Waals surface area (Å²) < 4.78 is 14.9. The quantitative estimate of drug-likeness (QED) is 0.339. The molecule has 2 N–H and O–H groups in total. The molecule has 0 spiro atoms. The van der Waals surface area contributed by atoms with Gasteiger partial charge in [0.25, 0.3) is 5.91 Å². The summed E-state index contributed by atoms with van der Waals surface area (Å²) in [6.07, 6.45) is 0.571. The predicted molar refractivity (Wildman–Crippen MR) is 105 cm³/mol. The van der Waals surface area contributed by atoms with Gasteiger partial charge in [-0.15, -0.1) is 16.4 Å². The van der Waals surface area contributed by atoms with Crippen LogP contribution < -0.4 is 10.1 Å². The molecule has 0 fully saturated rings. The van der Waals surface area contributed by atoms with Gasteiger partial charge in [0.1, 0.15) is 9.88 Å². The van der Waals surface area contributed by atoms with Crippen LogP contribution in [0.4, 0.5) is 10.7 Å². The monoisotopic (exact) mass is 440 g/mol. The van der Waals surface area contributed by atoms with Crippen molar-refractivity contribution in [1.29, 1.82) is 0 Å². The first-order valence-electron chi connectivity index (χ1n) is 8.82. The number of nitrogens with zero attached hydrogens (tertiary/aromatic N) is 2. The minimum atomic E-state index is -0.946. The number of nitro groups is 1. The second-order valence-corrected chi connectivity index (χ2v) is 6.81. The molecular weight excluding hydrogens is 420 g/mol. The number of aromatic amines is 1. The van der Waals surface area contributed by atoms with Gasteiger partial charge >= 0.3 is 23.5 Å². The Labute approximate surface area is 174 Å². The van der Waals surface area contributed by atoms with E-state index >= 15 is 0 Å². The lowest BCUT2D eigenvalue weighted by atomic mass is 10.1. The van der Waals surface area contributed by atoms with E-state index in [1.165, 1.54) is 14.0 Å². The number of carbonyl (C=O) groups is 3. The zero-order valence-electron chi connectivity index (χ0n) is 16.7. The van der Waals surface area contributed by atoms with E-state index in [0.29, 0.717) is 6.42 Å². The number of thiophene rings is 1. The van der Waals surface area contributed by atoms with Crippen LogP contribution in [0.3, 0.4) is 0 Å². The van der Waals surface area contributed by atoms with Gasteiger partial charge in [-0.05, 0) is 25.8 Å². The first-order chi connectivity index (χ1) is 14.3. The molecule has 0 bridgehead atoms. The molecule has 0 aromatic carbocycles. The highest BCUT2D eigenvalue weighted by molar-refractivity contribution is 7.18. The molecule has 12 nitrogen and oxygen atoms in total. The van der Waals surface area contributed by atoms with Gasteiger partial charge in [0, 0.05) is 0 Å². The maximum Gasteiger partial charge on any atom is 0.362 e. The molecule has 0 unspecified atom stereocenters. The Morgan fingerprint density at radius 1 is 1.23 bits per heavy atom. The Morgan fingerprint density at radius 3 is 2.50 bits per heavy atom. The van der Waals surface area contributed by atoms with E-state index in [1.54, 1.807) is 6.92 Å². The van der Waals surface area contributed by atoms with E-state index in [2.05, 4.69) is 15.5 Å². The molecule has 0 aliphatic rings. The molecule has 13 heteroatoms. The van der Waals surface area contributed by atoms with Crippen molar-refractivity contribution in [1.82, 2.24) is 10.2 Å². The average molecular weight is 440 g/mol. The third-order valence-electron chi connectivity index (χ3n) is 3.79. The van der Waals surface area contributed by atoms with Crippen molar-refractivity contribution in [3.63, 3.8) is 0 Å². The summed E-state index contributed by atoms with van der Waals surface area (Å²) in [6.45, 7) is 5.21. The summed E-state index contributed by atoms with van der Waals surface area (Å²) in [5, 5.41) is 19.5. The first-order valence-corrected chi connectivity index (χ1v) is 9.64. The maximum absolute atomic E-state index is 12.7. The molecule has 0 atom stereocenters. The average Bonchev–Trinajstić information content (AvgIpc) is 3.27. The van der Waals surface area contributed by atoms with Crippen LogP contribution in [0.15, 0.2) is 0 Å². The van der Waals surface area contributed by atoms with E-state index in [4.69, 9.17) is 14.2 Å². The van der Waals surface area contributed by atoms with E-state index in [9.17, 15) is 24.5 Å². The molecule has 0 radical (unpaired) electrons. The van der Waals surface area contributed by atoms with Crippen LogP contribution in [-0.4, -0.2) is 53.3 Å². The molecule has 2 aromatic heterocycles. The number of H-pyrrole nitrogens is 1. The topological polar surface area (TPSA) is 163 Å². The number of methoxy groups -OCH3 is 1. The number of hydrogen-bond donors (Lipinski definition) is 2. The molecule has 2 heterocycles. The lowest BCUT2D eigenvalue weighted by Crippen LogP contribution is -2.16. The van der Waals surface area contributed by atoms with E-state index in [0.717, 1.165) is 11.3 Å². The zero-order valence-corrected chi connectivity index (χ0v) is 17.5. The third kappa shape index (κ3) is 4.56. The minimum absolute atomic E-state index is 0.00970. The Kier molecular flexibility index (Phi) is 7.47. The van der Waals surface area contributed by atoms with Crippen molar-refractivity contribution >= 4 is 39.9 Å². The van der Waals surface area contributed by atoms with Crippen LogP contribution in [0, 0.1) is 17.0 Å². The van der Waals surface area contributed by atoms with Gasteiger partial charge in [-0.2, -0.15) is 0 Å². The fourth-order valence-electron chi connectivity index (χ4n) is 2.46. The molecule has 162 valence electrons. The molecular formula is C17H20N4O8S. The van der Waals surface area contributed by atoms with Crippen LogP contribution in [0.5, 0.6) is 5.88 Å². The number of amides is 1. The van der Waals surface area contributed by atoms with Gasteiger partial charge in [-0.3, -0.25) is 20.0 Å². The molecule has 30 heavy (non-hydrogen) atoms. The van der Waals surface area contributed by atoms with Crippen molar-refractivity contribution in [2.45, 2.75) is 27.2 Å². The molecule has 0 aliphatic heterocycles. The van der Waals surface area contributed by atoms with Gasteiger partial charge < -0.3 is 19.5 Å². The highest BCUT2D eigenvalue weighted by Gasteiger charge is 2.33. The fraction of sp³-hybridized carbons (Fsp3) is 0.412. The summed E-state index contributed by atoms with van der Waals surface area (Å²) in [6, 6.07) is 0. The lowest BCUT2D eigenvalue weighted by Gasteiger charge is -2.07.